The number of hydrogen-bond donors (Lipinski definition) is 0. The lowest BCUT2D eigenvalue weighted by Gasteiger charge is -2.17. The third-order valence-corrected chi connectivity index (χ3v) is 4.15. The number of carbonyl (C=O) groups is 2. The molecule has 3 aromatic rings. The molecule has 0 aliphatic heterocycles. The molecule has 1 atom stereocenters. The average molecular weight is 420 g/mol. The van der Waals surface area contributed by atoms with Crippen LogP contribution in [0.25, 0.3) is 0 Å². The zero-order chi connectivity index (χ0) is 17.8. The first-order valence-corrected chi connectivity index (χ1v) is 8.53. The first-order chi connectivity index (χ1) is 12.0. The van der Waals surface area contributed by atoms with Crippen LogP contribution in [0.4, 0.5) is 0 Å². The summed E-state index contributed by atoms with van der Waals surface area (Å²) in [5.74, 6) is -1.05. The minimum absolute atomic E-state index is 0.00620. The predicted octanol–water partition coefficient (Wildman–Crippen LogP) is 5.48. The molecule has 126 valence electrons. The number of esters is 1. The van der Waals surface area contributed by atoms with E-state index in [-0.39, 0.29) is 11.5 Å². The van der Waals surface area contributed by atoms with Crippen molar-refractivity contribution in [3.05, 3.63) is 93.3 Å². The molecule has 0 N–H and O–H groups in total. The molecule has 25 heavy (non-hydrogen) atoms. The number of furan rings is 1. The number of halogens is 2. The molecule has 0 radical (unpaired) electrons. The van der Waals surface area contributed by atoms with Gasteiger partial charge in [0.1, 0.15) is 0 Å². The Morgan fingerprint density at radius 2 is 1.64 bits per heavy atom. The second-order valence-electron chi connectivity index (χ2n) is 5.17. The molecule has 0 aliphatic carbocycles. The van der Waals surface area contributed by atoms with Gasteiger partial charge in [0.15, 0.2) is 10.8 Å². The maximum atomic E-state index is 12.9. The summed E-state index contributed by atoms with van der Waals surface area (Å²) in [4.78, 5) is 25.2. The fourth-order valence-corrected chi connectivity index (χ4v) is 2.69. The number of ether oxygens (including phenoxy) is 1. The summed E-state index contributed by atoms with van der Waals surface area (Å²) in [6, 6.07) is 18.3. The number of ketones is 1. The largest absolute Gasteiger partial charge is 0.443 e. The lowest BCUT2D eigenvalue weighted by molar-refractivity contribution is 0.0249. The van der Waals surface area contributed by atoms with Crippen LogP contribution < -0.4 is 0 Å². The minimum Gasteiger partial charge on any atom is -0.443 e. The van der Waals surface area contributed by atoms with E-state index in [0.29, 0.717) is 20.8 Å². The van der Waals surface area contributed by atoms with Crippen molar-refractivity contribution in [3.63, 3.8) is 0 Å². The van der Waals surface area contributed by atoms with Crippen LogP contribution in [0, 0.1) is 0 Å². The van der Waals surface area contributed by atoms with Crippen molar-refractivity contribution in [2.75, 3.05) is 0 Å². The fraction of sp³-hybridized carbons (Fsp3) is 0.0526. The maximum absolute atomic E-state index is 12.9. The highest BCUT2D eigenvalue weighted by molar-refractivity contribution is 9.10. The normalized spacial score (nSPS) is 11.8. The number of hydrogen-bond acceptors (Lipinski definition) is 4. The molecule has 1 aromatic heterocycles. The van der Waals surface area contributed by atoms with Gasteiger partial charge in [-0.3, -0.25) is 4.79 Å². The van der Waals surface area contributed by atoms with Crippen molar-refractivity contribution < 1.29 is 18.7 Å². The van der Waals surface area contributed by atoms with E-state index < -0.39 is 12.1 Å². The summed E-state index contributed by atoms with van der Waals surface area (Å²) in [7, 11) is 0. The van der Waals surface area contributed by atoms with Gasteiger partial charge in [0.25, 0.3) is 0 Å². The third-order valence-electron chi connectivity index (χ3n) is 3.47. The molecule has 0 fully saturated rings. The Bertz CT molecular complexity index is 887. The molecule has 3 rings (SSSR count). The van der Waals surface area contributed by atoms with E-state index >= 15 is 0 Å². The Morgan fingerprint density at radius 3 is 2.24 bits per heavy atom. The topological polar surface area (TPSA) is 56.5 Å². The van der Waals surface area contributed by atoms with Crippen molar-refractivity contribution in [2.45, 2.75) is 6.10 Å². The average Bonchev–Trinajstić information content (AvgIpc) is 3.07. The Hall–Kier alpha value is -2.37. The summed E-state index contributed by atoms with van der Waals surface area (Å²) in [6.45, 7) is 0. The summed E-state index contributed by atoms with van der Waals surface area (Å²) in [6.07, 6.45) is -1.10. The summed E-state index contributed by atoms with van der Waals surface area (Å²) >= 11 is 9.03. The smallest absolute Gasteiger partial charge is 0.375 e. The van der Waals surface area contributed by atoms with E-state index in [1.807, 2.05) is 0 Å². The van der Waals surface area contributed by atoms with Gasteiger partial charge in [-0.1, -0.05) is 54.1 Å². The van der Waals surface area contributed by atoms with Crippen LogP contribution in [-0.4, -0.2) is 11.8 Å². The molecule has 1 heterocycles. The minimum atomic E-state index is -1.10. The number of rotatable bonds is 5. The molecular formula is C19H12BrClO4. The molecule has 0 bridgehead atoms. The number of benzene rings is 2. The van der Waals surface area contributed by atoms with Gasteiger partial charge in [-0.15, -0.1) is 0 Å². The summed E-state index contributed by atoms with van der Waals surface area (Å²) < 4.78 is 11.0. The van der Waals surface area contributed by atoms with Gasteiger partial charge in [0.2, 0.25) is 11.5 Å². The highest BCUT2D eigenvalue weighted by atomic mass is 79.9. The molecule has 0 saturated carbocycles. The lowest BCUT2D eigenvalue weighted by atomic mass is 10.00. The van der Waals surface area contributed by atoms with Gasteiger partial charge in [-0.2, -0.15) is 0 Å². The quantitative estimate of drug-likeness (QED) is 0.406. The van der Waals surface area contributed by atoms with Crippen LogP contribution in [0.5, 0.6) is 0 Å². The molecule has 0 aliphatic rings. The molecular weight excluding hydrogens is 408 g/mol. The van der Waals surface area contributed by atoms with Crippen molar-refractivity contribution in [1.29, 1.82) is 0 Å². The van der Waals surface area contributed by atoms with Gasteiger partial charge < -0.3 is 9.15 Å². The van der Waals surface area contributed by atoms with Crippen LogP contribution in [0.15, 0.2) is 75.8 Å². The second kappa shape index (κ2) is 7.68. The number of Topliss-reactive ketones (excluding diaryl/α,β-unsaturated/α-hetero) is 1. The second-order valence-corrected chi connectivity index (χ2v) is 6.39. The highest BCUT2D eigenvalue weighted by Gasteiger charge is 2.27. The van der Waals surface area contributed by atoms with Crippen LogP contribution in [0.2, 0.25) is 5.02 Å². The molecule has 0 amide bonds. The van der Waals surface area contributed by atoms with Gasteiger partial charge in [0.05, 0.1) is 0 Å². The van der Waals surface area contributed by atoms with E-state index in [1.165, 1.54) is 6.07 Å². The van der Waals surface area contributed by atoms with Crippen molar-refractivity contribution in [2.24, 2.45) is 0 Å². The third kappa shape index (κ3) is 4.18. The fourth-order valence-electron chi connectivity index (χ4n) is 2.25. The predicted molar refractivity (Wildman–Crippen MR) is 96.8 cm³/mol. The Labute approximate surface area is 157 Å². The van der Waals surface area contributed by atoms with Gasteiger partial charge in [0, 0.05) is 16.1 Å². The van der Waals surface area contributed by atoms with E-state index in [2.05, 4.69) is 15.9 Å². The monoisotopic (exact) mass is 418 g/mol. The summed E-state index contributed by atoms with van der Waals surface area (Å²) in [5, 5.41) is 0.524. The van der Waals surface area contributed by atoms with Crippen LogP contribution >= 0.6 is 27.5 Å². The molecule has 6 heteroatoms. The van der Waals surface area contributed by atoms with Gasteiger partial charge in [-0.05, 0) is 40.2 Å². The van der Waals surface area contributed by atoms with Crippen LogP contribution in [0.3, 0.4) is 0 Å². The van der Waals surface area contributed by atoms with Crippen molar-refractivity contribution >= 4 is 39.3 Å². The summed E-state index contributed by atoms with van der Waals surface area (Å²) in [5.41, 5.74) is 0.966. The zero-order valence-electron chi connectivity index (χ0n) is 12.8. The highest BCUT2D eigenvalue weighted by Crippen LogP contribution is 2.26. The Kier molecular flexibility index (Phi) is 5.36. The maximum Gasteiger partial charge on any atom is 0.375 e. The molecule has 0 saturated heterocycles. The number of carbonyl (C=O) groups excluding carboxylic acids is 2. The van der Waals surface area contributed by atoms with Gasteiger partial charge >= 0.3 is 5.97 Å². The zero-order valence-corrected chi connectivity index (χ0v) is 15.2. The first kappa shape index (κ1) is 17.5. The standard InChI is InChI=1S/C19H12BrClO4/c20-16-11-10-15(24-16)19(23)25-18(13-6-8-14(21)9-7-13)17(22)12-4-2-1-3-5-12/h1-11,18H/t18-/m0/s1. The van der Waals surface area contributed by atoms with Crippen LogP contribution in [0.1, 0.15) is 32.6 Å². The Morgan fingerprint density at radius 1 is 0.960 bits per heavy atom. The van der Waals surface area contributed by atoms with Crippen molar-refractivity contribution in [3.8, 4) is 0 Å². The Balaban J connectivity index is 1.92. The van der Waals surface area contributed by atoms with Gasteiger partial charge in [-0.25, -0.2) is 4.79 Å². The van der Waals surface area contributed by atoms with E-state index in [1.54, 1.807) is 60.7 Å². The lowest BCUT2D eigenvalue weighted by Crippen LogP contribution is -2.20. The molecule has 0 spiro atoms. The molecule has 4 nitrogen and oxygen atoms in total. The molecule has 2 aromatic carbocycles. The van der Waals surface area contributed by atoms with E-state index in [0.717, 1.165) is 0 Å². The van der Waals surface area contributed by atoms with Crippen LogP contribution in [-0.2, 0) is 4.74 Å². The molecule has 0 unspecified atom stereocenters. The first-order valence-electron chi connectivity index (χ1n) is 7.35. The van der Waals surface area contributed by atoms with E-state index in [9.17, 15) is 9.59 Å². The SMILES string of the molecule is O=C(O[C@H](C(=O)c1ccccc1)c1ccc(Cl)cc1)c1ccc(Br)o1. The van der Waals surface area contributed by atoms with E-state index in [4.69, 9.17) is 20.8 Å². The van der Waals surface area contributed by atoms with Crippen molar-refractivity contribution in [1.82, 2.24) is 0 Å².